The van der Waals surface area contributed by atoms with Crippen LogP contribution in [-0.2, 0) is 0 Å². The third-order valence-corrected chi connectivity index (χ3v) is 4.54. The zero-order valence-corrected chi connectivity index (χ0v) is 12.4. The first-order valence-electron chi connectivity index (χ1n) is 7.73. The first kappa shape index (κ1) is 15.0. The second kappa shape index (κ2) is 7.38. The van der Waals surface area contributed by atoms with Gasteiger partial charge in [0.2, 0.25) is 0 Å². The molecule has 1 rings (SSSR count). The fourth-order valence-corrected chi connectivity index (χ4v) is 3.82. The fourth-order valence-electron chi connectivity index (χ4n) is 3.82. The summed E-state index contributed by atoms with van der Waals surface area (Å²) in [7, 11) is 0. The van der Waals surface area contributed by atoms with Crippen molar-refractivity contribution in [3.63, 3.8) is 0 Å². The summed E-state index contributed by atoms with van der Waals surface area (Å²) in [5, 5.41) is 3.77. The van der Waals surface area contributed by atoms with Crippen LogP contribution in [-0.4, -0.2) is 36.1 Å². The minimum atomic E-state index is 0.454. The van der Waals surface area contributed by atoms with Crippen LogP contribution in [0.2, 0.25) is 0 Å². The van der Waals surface area contributed by atoms with Crippen LogP contribution in [0.25, 0.3) is 0 Å². The molecule has 2 heteroatoms. The van der Waals surface area contributed by atoms with Gasteiger partial charge in [-0.25, -0.2) is 0 Å². The van der Waals surface area contributed by atoms with Crippen molar-refractivity contribution >= 4 is 0 Å². The van der Waals surface area contributed by atoms with Crippen LogP contribution >= 0.6 is 0 Å². The van der Waals surface area contributed by atoms with Crippen LogP contribution < -0.4 is 5.32 Å². The zero-order valence-electron chi connectivity index (χ0n) is 12.4. The van der Waals surface area contributed by atoms with E-state index in [9.17, 15) is 0 Å². The Hall–Kier alpha value is -0.0800. The summed E-state index contributed by atoms with van der Waals surface area (Å²) < 4.78 is 0. The van der Waals surface area contributed by atoms with Gasteiger partial charge in [-0.3, -0.25) is 4.90 Å². The third-order valence-electron chi connectivity index (χ3n) is 4.54. The molecule has 1 aliphatic rings. The van der Waals surface area contributed by atoms with Gasteiger partial charge >= 0.3 is 0 Å². The monoisotopic (exact) mass is 240 g/mol. The van der Waals surface area contributed by atoms with Crippen LogP contribution in [0.5, 0.6) is 0 Å². The maximum atomic E-state index is 3.77. The highest BCUT2D eigenvalue weighted by atomic mass is 15.2. The summed E-state index contributed by atoms with van der Waals surface area (Å²) in [5.74, 6) is 0. The molecule has 0 aromatic carbocycles. The van der Waals surface area contributed by atoms with Crippen molar-refractivity contribution in [2.24, 2.45) is 0 Å². The van der Waals surface area contributed by atoms with Crippen LogP contribution in [0.1, 0.15) is 66.2 Å². The Morgan fingerprint density at radius 1 is 1.06 bits per heavy atom. The summed E-state index contributed by atoms with van der Waals surface area (Å²) in [6, 6.07) is 0.694. The predicted molar refractivity (Wildman–Crippen MR) is 76.5 cm³/mol. The standard InChI is InChI=1S/C15H32N2/c1-5-11-14(16-6-2)15(12-9-10-13-15)17(7-3)8-4/h14,16H,5-13H2,1-4H3. The molecule has 0 saturated heterocycles. The lowest BCUT2D eigenvalue weighted by molar-refractivity contribution is 0.0599. The number of hydrogen-bond donors (Lipinski definition) is 1. The highest BCUT2D eigenvalue weighted by Crippen LogP contribution is 2.39. The van der Waals surface area contributed by atoms with E-state index in [2.05, 4.69) is 37.9 Å². The number of nitrogens with one attached hydrogen (secondary N) is 1. The Bertz CT molecular complexity index is 187. The normalized spacial score (nSPS) is 21.0. The van der Waals surface area contributed by atoms with Crippen molar-refractivity contribution in [2.45, 2.75) is 77.8 Å². The minimum absolute atomic E-state index is 0.454. The molecule has 1 unspecified atom stereocenters. The van der Waals surface area contributed by atoms with E-state index in [4.69, 9.17) is 0 Å². The molecule has 0 aliphatic heterocycles. The molecule has 0 amide bonds. The molecule has 0 spiro atoms. The van der Waals surface area contributed by atoms with Gasteiger partial charge in [0, 0.05) is 11.6 Å². The summed E-state index contributed by atoms with van der Waals surface area (Å²) in [6.45, 7) is 12.7. The SMILES string of the molecule is CCCC(NCC)C1(N(CC)CC)CCCC1. The van der Waals surface area contributed by atoms with E-state index in [1.54, 1.807) is 0 Å². The van der Waals surface area contributed by atoms with E-state index < -0.39 is 0 Å². The molecule has 0 aromatic rings. The van der Waals surface area contributed by atoms with E-state index in [0.29, 0.717) is 11.6 Å². The minimum Gasteiger partial charge on any atom is -0.312 e. The van der Waals surface area contributed by atoms with Crippen LogP contribution in [0, 0.1) is 0 Å². The fraction of sp³-hybridized carbons (Fsp3) is 1.00. The van der Waals surface area contributed by atoms with E-state index in [-0.39, 0.29) is 0 Å². The lowest BCUT2D eigenvalue weighted by atomic mass is 9.83. The van der Waals surface area contributed by atoms with Gasteiger partial charge in [-0.05, 0) is 38.9 Å². The van der Waals surface area contributed by atoms with Gasteiger partial charge in [0.05, 0.1) is 0 Å². The Labute approximate surface area is 108 Å². The Morgan fingerprint density at radius 3 is 2.06 bits per heavy atom. The predicted octanol–water partition coefficient (Wildman–Crippen LogP) is 3.42. The smallest absolute Gasteiger partial charge is 0.0362 e. The molecule has 0 radical (unpaired) electrons. The number of hydrogen-bond acceptors (Lipinski definition) is 2. The summed E-state index contributed by atoms with van der Waals surface area (Å²) in [5.41, 5.74) is 0.454. The average Bonchev–Trinajstić information content (AvgIpc) is 2.81. The number of likely N-dealkylation sites (N-methyl/N-ethyl adjacent to an activating group) is 2. The van der Waals surface area contributed by atoms with Crippen LogP contribution in [0.3, 0.4) is 0 Å². The molecular weight excluding hydrogens is 208 g/mol. The van der Waals surface area contributed by atoms with E-state index in [1.165, 1.54) is 51.6 Å². The Balaban J connectivity index is 2.86. The van der Waals surface area contributed by atoms with Crippen molar-refractivity contribution in [2.75, 3.05) is 19.6 Å². The van der Waals surface area contributed by atoms with Crippen molar-refractivity contribution in [1.82, 2.24) is 10.2 Å². The van der Waals surface area contributed by atoms with Crippen molar-refractivity contribution in [3.05, 3.63) is 0 Å². The largest absolute Gasteiger partial charge is 0.312 e. The average molecular weight is 240 g/mol. The third kappa shape index (κ3) is 3.23. The van der Waals surface area contributed by atoms with E-state index >= 15 is 0 Å². The lowest BCUT2D eigenvalue weighted by Crippen LogP contribution is -2.59. The van der Waals surface area contributed by atoms with Gasteiger partial charge in [-0.15, -0.1) is 0 Å². The molecule has 1 saturated carbocycles. The van der Waals surface area contributed by atoms with Crippen LogP contribution in [0.15, 0.2) is 0 Å². The number of rotatable bonds is 8. The quantitative estimate of drug-likeness (QED) is 0.699. The molecule has 17 heavy (non-hydrogen) atoms. The maximum Gasteiger partial charge on any atom is 0.0362 e. The Kier molecular flexibility index (Phi) is 6.50. The van der Waals surface area contributed by atoms with Crippen molar-refractivity contribution in [3.8, 4) is 0 Å². The molecular formula is C15H32N2. The first-order chi connectivity index (χ1) is 8.25. The molecule has 1 aliphatic carbocycles. The van der Waals surface area contributed by atoms with Gasteiger partial charge < -0.3 is 5.32 Å². The van der Waals surface area contributed by atoms with Gasteiger partial charge in [0.1, 0.15) is 0 Å². The van der Waals surface area contributed by atoms with Crippen molar-refractivity contribution < 1.29 is 0 Å². The second-order valence-corrected chi connectivity index (χ2v) is 5.38. The summed E-state index contributed by atoms with van der Waals surface area (Å²) in [4.78, 5) is 2.73. The van der Waals surface area contributed by atoms with Gasteiger partial charge in [0.25, 0.3) is 0 Å². The topological polar surface area (TPSA) is 15.3 Å². The van der Waals surface area contributed by atoms with E-state index in [0.717, 1.165) is 6.54 Å². The molecule has 0 bridgehead atoms. The zero-order chi connectivity index (χ0) is 12.7. The van der Waals surface area contributed by atoms with Gasteiger partial charge in [-0.1, -0.05) is 47.0 Å². The first-order valence-corrected chi connectivity index (χ1v) is 7.73. The lowest BCUT2D eigenvalue weighted by Gasteiger charge is -2.46. The Morgan fingerprint density at radius 2 is 1.65 bits per heavy atom. The van der Waals surface area contributed by atoms with Gasteiger partial charge in [0.15, 0.2) is 0 Å². The maximum absolute atomic E-state index is 3.77. The summed E-state index contributed by atoms with van der Waals surface area (Å²) >= 11 is 0. The highest BCUT2D eigenvalue weighted by Gasteiger charge is 2.43. The summed E-state index contributed by atoms with van der Waals surface area (Å²) in [6.07, 6.45) is 8.24. The molecule has 1 N–H and O–H groups in total. The van der Waals surface area contributed by atoms with Crippen molar-refractivity contribution in [1.29, 1.82) is 0 Å². The molecule has 102 valence electrons. The highest BCUT2D eigenvalue weighted by molar-refractivity contribution is 5.03. The number of nitrogens with zero attached hydrogens (tertiary/aromatic N) is 1. The van der Waals surface area contributed by atoms with Gasteiger partial charge in [-0.2, -0.15) is 0 Å². The molecule has 1 fully saturated rings. The molecule has 2 nitrogen and oxygen atoms in total. The van der Waals surface area contributed by atoms with Crippen LogP contribution in [0.4, 0.5) is 0 Å². The molecule has 1 atom stereocenters. The van der Waals surface area contributed by atoms with E-state index in [1.807, 2.05) is 0 Å². The molecule has 0 heterocycles. The second-order valence-electron chi connectivity index (χ2n) is 5.38. The molecule has 0 aromatic heterocycles.